The van der Waals surface area contributed by atoms with E-state index in [1.807, 2.05) is 13.8 Å². The van der Waals surface area contributed by atoms with E-state index >= 15 is 0 Å². The molecule has 0 bridgehead atoms. The highest BCUT2D eigenvalue weighted by Gasteiger charge is 2.13. The maximum absolute atomic E-state index is 12.0. The lowest BCUT2D eigenvalue weighted by molar-refractivity contribution is 0.578. The summed E-state index contributed by atoms with van der Waals surface area (Å²) in [5.74, 6) is 5.67. The van der Waals surface area contributed by atoms with Crippen LogP contribution in [0.4, 0.5) is 0 Å². The number of rotatable bonds is 5. The zero-order valence-electron chi connectivity index (χ0n) is 11.4. The molecule has 3 N–H and O–H groups in total. The number of sulfonamides is 1. The largest absolute Gasteiger partial charge is 0.320 e. The molecule has 19 heavy (non-hydrogen) atoms. The lowest BCUT2D eigenvalue weighted by Crippen LogP contribution is -2.24. The average Bonchev–Trinajstić information content (AvgIpc) is 2.37. The van der Waals surface area contributed by atoms with Gasteiger partial charge in [0.15, 0.2) is 0 Å². The van der Waals surface area contributed by atoms with Crippen LogP contribution in [0.15, 0.2) is 23.1 Å². The van der Waals surface area contributed by atoms with Crippen molar-refractivity contribution in [3.8, 4) is 11.8 Å². The minimum Gasteiger partial charge on any atom is -0.320 e. The van der Waals surface area contributed by atoms with Crippen LogP contribution in [0, 0.1) is 18.8 Å². The maximum Gasteiger partial charge on any atom is 0.240 e. The lowest BCUT2D eigenvalue weighted by atomic mass is 10.1. The van der Waals surface area contributed by atoms with Gasteiger partial charge >= 0.3 is 0 Å². The van der Waals surface area contributed by atoms with E-state index in [0.717, 1.165) is 24.0 Å². The Morgan fingerprint density at radius 2 is 2.11 bits per heavy atom. The highest BCUT2D eigenvalue weighted by atomic mass is 32.2. The summed E-state index contributed by atoms with van der Waals surface area (Å²) in [6, 6.07) is 4.92. The van der Waals surface area contributed by atoms with Gasteiger partial charge in [0, 0.05) is 12.1 Å². The smallest absolute Gasteiger partial charge is 0.240 e. The molecular formula is C14H20N2O2S. The molecule has 104 valence electrons. The third-order valence-electron chi connectivity index (χ3n) is 2.66. The molecule has 5 heteroatoms. The van der Waals surface area contributed by atoms with Crippen molar-refractivity contribution in [3.63, 3.8) is 0 Å². The fourth-order valence-electron chi connectivity index (χ4n) is 1.56. The van der Waals surface area contributed by atoms with Gasteiger partial charge in [0.2, 0.25) is 10.0 Å². The first-order valence-electron chi connectivity index (χ1n) is 6.30. The van der Waals surface area contributed by atoms with E-state index < -0.39 is 10.0 Å². The van der Waals surface area contributed by atoms with E-state index in [4.69, 9.17) is 5.73 Å². The molecule has 1 aromatic carbocycles. The molecule has 0 unspecified atom stereocenters. The van der Waals surface area contributed by atoms with Crippen molar-refractivity contribution in [2.24, 2.45) is 5.73 Å². The van der Waals surface area contributed by atoms with Gasteiger partial charge in [0.1, 0.15) is 0 Å². The molecule has 0 aliphatic rings. The number of aryl methyl sites for hydroxylation is 1. The van der Waals surface area contributed by atoms with Crippen molar-refractivity contribution in [3.05, 3.63) is 29.3 Å². The van der Waals surface area contributed by atoms with Crippen molar-refractivity contribution in [2.75, 3.05) is 13.1 Å². The second-order valence-corrected chi connectivity index (χ2v) is 6.00. The molecule has 4 nitrogen and oxygen atoms in total. The normalized spacial score (nSPS) is 10.9. The molecule has 0 atom stereocenters. The van der Waals surface area contributed by atoms with E-state index in [1.165, 1.54) is 0 Å². The first kappa shape index (κ1) is 15.7. The molecule has 0 aliphatic carbocycles. The summed E-state index contributed by atoms with van der Waals surface area (Å²) in [7, 11) is -3.42. The van der Waals surface area contributed by atoms with Crippen LogP contribution in [0.5, 0.6) is 0 Å². The van der Waals surface area contributed by atoms with Crippen LogP contribution in [0.2, 0.25) is 0 Å². The molecule has 0 fully saturated rings. The zero-order valence-corrected chi connectivity index (χ0v) is 12.2. The Labute approximate surface area is 115 Å². The van der Waals surface area contributed by atoms with Crippen molar-refractivity contribution in [1.82, 2.24) is 4.72 Å². The summed E-state index contributed by atoms with van der Waals surface area (Å²) in [6.45, 7) is 4.61. The SMILES string of the molecule is CCCCNS(=O)(=O)c1ccc(C#CCN)c(C)c1. The number of nitrogens with two attached hydrogens (primary N) is 1. The Morgan fingerprint density at radius 3 is 2.68 bits per heavy atom. The molecule has 1 rings (SSSR count). The van der Waals surface area contributed by atoms with Gasteiger partial charge in [-0.15, -0.1) is 0 Å². The fraction of sp³-hybridized carbons (Fsp3) is 0.429. The Kier molecular flexibility index (Phi) is 6.03. The molecule has 0 spiro atoms. The van der Waals surface area contributed by atoms with E-state index in [-0.39, 0.29) is 11.4 Å². The van der Waals surface area contributed by atoms with Gasteiger partial charge in [-0.3, -0.25) is 0 Å². The number of hydrogen-bond acceptors (Lipinski definition) is 3. The van der Waals surface area contributed by atoms with Crippen LogP contribution in [0.1, 0.15) is 30.9 Å². The fourth-order valence-corrected chi connectivity index (χ4v) is 2.72. The van der Waals surface area contributed by atoms with E-state index in [2.05, 4.69) is 16.6 Å². The van der Waals surface area contributed by atoms with Crippen molar-refractivity contribution < 1.29 is 8.42 Å². The summed E-state index contributed by atoms with van der Waals surface area (Å²) in [5.41, 5.74) is 6.95. The molecule has 1 aromatic rings. The second-order valence-electron chi connectivity index (χ2n) is 4.23. The topological polar surface area (TPSA) is 72.2 Å². The van der Waals surface area contributed by atoms with E-state index in [9.17, 15) is 8.42 Å². The van der Waals surface area contributed by atoms with Crippen LogP contribution in [-0.2, 0) is 10.0 Å². The third kappa shape index (κ3) is 4.67. The highest BCUT2D eigenvalue weighted by Crippen LogP contribution is 2.14. The molecule has 0 radical (unpaired) electrons. The Hall–Kier alpha value is -1.35. The minimum absolute atomic E-state index is 0.277. The Bertz CT molecular complexity index is 583. The summed E-state index contributed by atoms with van der Waals surface area (Å²) in [5, 5.41) is 0. The standard InChI is InChI=1S/C14H20N2O2S/c1-3-4-10-16-19(17,18)14-8-7-13(6-5-9-15)12(2)11-14/h7-8,11,16H,3-4,9-10,15H2,1-2H3. The van der Waals surface area contributed by atoms with Crippen LogP contribution in [0.25, 0.3) is 0 Å². The highest BCUT2D eigenvalue weighted by molar-refractivity contribution is 7.89. The van der Waals surface area contributed by atoms with Gasteiger partial charge in [-0.05, 0) is 37.1 Å². The van der Waals surface area contributed by atoms with Gasteiger partial charge in [-0.25, -0.2) is 13.1 Å². The van der Waals surface area contributed by atoms with Crippen LogP contribution >= 0.6 is 0 Å². The molecule has 0 saturated heterocycles. The molecular weight excluding hydrogens is 260 g/mol. The number of unbranched alkanes of at least 4 members (excludes halogenated alkanes) is 1. The summed E-state index contributed by atoms with van der Waals surface area (Å²) in [4.78, 5) is 0.277. The molecule has 0 aliphatic heterocycles. The van der Waals surface area contributed by atoms with Gasteiger partial charge in [0.25, 0.3) is 0 Å². The monoisotopic (exact) mass is 280 g/mol. The minimum atomic E-state index is -3.42. The van der Waals surface area contributed by atoms with E-state index in [0.29, 0.717) is 6.54 Å². The first-order valence-corrected chi connectivity index (χ1v) is 7.79. The van der Waals surface area contributed by atoms with Gasteiger partial charge in [-0.2, -0.15) is 0 Å². The predicted octanol–water partition coefficient (Wildman–Crippen LogP) is 1.38. The molecule has 0 saturated carbocycles. The van der Waals surface area contributed by atoms with Crippen LogP contribution in [0.3, 0.4) is 0 Å². The molecule has 0 amide bonds. The quantitative estimate of drug-likeness (QED) is 0.632. The Balaban J connectivity index is 2.94. The van der Waals surface area contributed by atoms with Gasteiger partial charge in [-0.1, -0.05) is 25.2 Å². The van der Waals surface area contributed by atoms with Crippen LogP contribution < -0.4 is 10.5 Å². The average molecular weight is 280 g/mol. The number of benzene rings is 1. The van der Waals surface area contributed by atoms with Gasteiger partial charge < -0.3 is 5.73 Å². The Morgan fingerprint density at radius 1 is 1.37 bits per heavy atom. The van der Waals surface area contributed by atoms with Gasteiger partial charge in [0.05, 0.1) is 11.4 Å². The summed E-state index contributed by atoms with van der Waals surface area (Å²) >= 11 is 0. The van der Waals surface area contributed by atoms with Crippen molar-refractivity contribution >= 4 is 10.0 Å². The van der Waals surface area contributed by atoms with E-state index in [1.54, 1.807) is 18.2 Å². The lowest BCUT2D eigenvalue weighted by Gasteiger charge is -2.07. The zero-order chi connectivity index (χ0) is 14.3. The maximum atomic E-state index is 12.0. The third-order valence-corrected chi connectivity index (χ3v) is 4.11. The second kappa shape index (κ2) is 7.29. The first-order chi connectivity index (χ1) is 9.01. The predicted molar refractivity (Wildman–Crippen MR) is 77.2 cm³/mol. The van der Waals surface area contributed by atoms with Crippen molar-refractivity contribution in [2.45, 2.75) is 31.6 Å². The van der Waals surface area contributed by atoms with Crippen LogP contribution in [-0.4, -0.2) is 21.5 Å². The molecule has 0 aromatic heterocycles. The number of nitrogens with one attached hydrogen (secondary N) is 1. The number of hydrogen-bond donors (Lipinski definition) is 2. The summed E-state index contributed by atoms with van der Waals surface area (Å²) in [6.07, 6.45) is 1.79. The van der Waals surface area contributed by atoms with Crippen molar-refractivity contribution in [1.29, 1.82) is 0 Å². The molecule has 0 heterocycles. The summed E-state index contributed by atoms with van der Waals surface area (Å²) < 4.78 is 26.6.